The van der Waals surface area contributed by atoms with Crippen molar-refractivity contribution in [2.45, 2.75) is 19.6 Å². The van der Waals surface area contributed by atoms with Crippen molar-refractivity contribution in [3.05, 3.63) is 77.8 Å². The van der Waals surface area contributed by atoms with Gasteiger partial charge in [-0.15, -0.1) is 0 Å². The molecule has 0 spiro atoms. The summed E-state index contributed by atoms with van der Waals surface area (Å²) < 4.78 is 55.6. The van der Waals surface area contributed by atoms with Gasteiger partial charge in [-0.3, -0.25) is 0 Å². The van der Waals surface area contributed by atoms with Crippen LogP contribution < -0.4 is 0 Å². The third-order valence-corrected chi connectivity index (χ3v) is 4.40. The van der Waals surface area contributed by atoms with Gasteiger partial charge in [0.15, 0.2) is 0 Å². The summed E-state index contributed by atoms with van der Waals surface area (Å²) in [5.74, 6) is 0.188. The summed E-state index contributed by atoms with van der Waals surface area (Å²) in [5, 5.41) is 0. The Hall–Kier alpha value is -3.16. The smallest absolute Gasteiger partial charge is 0.325 e. The maximum absolute atomic E-state index is 13.5. The van der Waals surface area contributed by atoms with Crippen LogP contribution in [0.5, 0.6) is 0 Å². The van der Waals surface area contributed by atoms with Crippen LogP contribution >= 0.6 is 0 Å². The number of rotatable bonds is 3. The van der Waals surface area contributed by atoms with Gasteiger partial charge in [0, 0.05) is 29.8 Å². The summed E-state index contributed by atoms with van der Waals surface area (Å²) in [6.07, 6.45) is -0.0551. The number of alkyl halides is 3. The highest BCUT2D eigenvalue weighted by atomic mass is 19.4. The van der Waals surface area contributed by atoms with Gasteiger partial charge in [0.2, 0.25) is 0 Å². The number of halogens is 4. The zero-order valence-corrected chi connectivity index (χ0v) is 14.2. The zero-order chi connectivity index (χ0) is 19.2. The van der Waals surface area contributed by atoms with Gasteiger partial charge >= 0.3 is 6.18 Å². The molecule has 0 unspecified atom stereocenters. The predicted octanol–water partition coefficient (Wildman–Crippen LogP) is 4.71. The molecule has 4 nitrogen and oxygen atoms in total. The lowest BCUT2D eigenvalue weighted by Gasteiger charge is -2.08. The van der Waals surface area contributed by atoms with Gasteiger partial charge in [-0.05, 0) is 31.2 Å². The molecule has 3 aromatic heterocycles. The normalized spacial score (nSPS) is 12.0. The summed E-state index contributed by atoms with van der Waals surface area (Å²) in [4.78, 5) is 8.70. The fourth-order valence-corrected chi connectivity index (χ4v) is 3.01. The lowest BCUT2D eigenvalue weighted by Crippen LogP contribution is -2.06. The molecule has 0 aliphatic heterocycles. The lowest BCUT2D eigenvalue weighted by molar-refractivity contribution is -0.137. The van der Waals surface area contributed by atoms with Crippen LogP contribution in [-0.4, -0.2) is 18.9 Å². The fraction of sp³-hybridized carbons (Fsp3) is 0.158. The standard InChI is InChI=1S/C19H14F4N4/c1-12-16(25-17-6-5-14(10-27(12)17)19(21,22)23)11-26-8-7-24-18(26)13-3-2-4-15(20)9-13/h2-10H,11H2,1H3. The third kappa shape index (κ3) is 3.18. The van der Waals surface area contributed by atoms with Crippen molar-refractivity contribution in [1.29, 1.82) is 0 Å². The molecule has 0 bridgehead atoms. The minimum atomic E-state index is -4.42. The molecule has 3 heterocycles. The molecule has 0 saturated heterocycles. The van der Waals surface area contributed by atoms with Crippen LogP contribution in [0.2, 0.25) is 0 Å². The Morgan fingerprint density at radius 2 is 1.93 bits per heavy atom. The van der Waals surface area contributed by atoms with Crippen molar-refractivity contribution in [3.8, 4) is 11.4 Å². The average molecular weight is 374 g/mol. The summed E-state index contributed by atoms with van der Waals surface area (Å²) in [6.45, 7) is 2.02. The number of fused-ring (bicyclic) bond motifs is 1. The van der Waals surface area contributed by atoms with Crippen molar-refractivity contribution in [2.75, 3.05) is 0 Å². The maximum Gasteiger partial charge on any atom is 0.417 e. The molecule has 0 aliphatic rings. The van der Waals surface area contributed by atoms with E-state index in [4.69, 9.17) is 0 Å². The van der Waals surface area contributed by atoms with E-state index in [0.29, 0.717) is 35.0 Å². The topological polar surface area (TPSA) is 35.1 Å². The summed E-state index contributed by atoms with van der Waals surface area (Å²) in [6, 6.07) is 8.43. The number of imidazole rings is 2. The van der Waals surface area contributed by atoms with E-state index in [-0.39, 0.29) is 5.82 Å². The number of benzene rings is 1. The van der Waals surface area contributed by atoms with Gasteiger partial charge < -0.3 is 8.97 Å². The van der Waals surface area contributed by atoms with Crippen LogP contribution in [0.25, 0.3) is 17.0 Å². The number of aryl methyl sites for hydroxylation is 1. The number of nitrogens with zero attached hydrogens (tertiary/aromatic N) is 4. The summed E-state index contributed by atoms with van der Waals surface area (Å²) in [7, 11) is 0. The van der Waals surface area contributed by atoms with Crippen LogP contribution in [0.1, 0.15) is 17.0 Å². The molecule has 0 radical (unpaired) electrons. The van der Waals surface area contributed by atoms with Crippen molar-refractivity contribution < 1.29 is 17.6 Å². The first kappa shape index (κ1) is 17.3. The Kier molecular flexibility index (Phi) is 3.98. The van der Waals surface area contributed by atoms with Gasteiger partial charge in [-0.25, -0.2) is 14.4 Å². The van der Waals surface area contributed by atoms with Crippen LogP contribution in [-0.2, 0) is 12.7 Å². The lowest BCUT2D eigenvalue weighted by atomic mass is 10.2. The van der Waals surface area contributed by atoms with Crippen molar-refractivity contribution in [2.24, 2.45) is 0 Å². The Balaban J connectivity index is 1.73. The van der Waals surface area contributed by atoms with Crippen LogP contribution in [0.4, 0.5) is 17.6 Å². The highest BCUT2D eigenvalue weighted by Gasteiger charge is 2.31. The Morgan fingerprint density at radius 3 is 2.67 bits per heavy atom. The first-order chi connectivity index (χ1) is 12.8. The van der Waals surface area contributed by atoms with Gasteiger partial charge in [-0.1, -0.05) is 12.1 Å². The van der Waals surface area contributed by atoms with Gasteiger partial charge in [-0.2, -0.15) is 13.2 Å². The molecule has 8 heteroatoms. The maximum atomic E-state index is 13.5. The zero-order valence-electron chi connectivity index (χ0n) is 14.2. The van der Waals surface area contributed by atoms with Gasteiger partial charge in [0.1, 0.15) is 17.3 Å². The molecule has 0 atom stereocenters. The fourth-order valence-electron chi connectivity index (χ4n) is 3.01. The highest BCUT2D eigenvalue weighted by molar-refractivity contribution is 5.55. The minimum absolute atomic E-state index is 0.306. The monoisotopic (exact) mass is 374 g/mol. The van der Waals surface area contributed by atoms with Crippen molar-refractivity contribution >= 4 is 5.65 Å². The summed E-state index contributed by atoms with van der Waals surface area (Å²) in [5.41, 5.74) is 1.54. The SMILES string of the molecule is Cc1c(Cn2ccnc2-c2cccc(F)c2)nc2ccc(C(F)(F)F)cn12. The Bertz CT molecular complexity index is 1120. The molecule has 27 heavy (non-hydrogen) atoms. The van der Waals surface area contributed by atoms with E-state index in [9.17, 15) is 17.6 Å². The minimum Gasteiger partial charge on any atom is -0.325 e. The van der Waals surface area contributed by atoms with E-state index in [2.05, 4.69) is 9.97 Å². The van der Waals surface area contributed by atoms with Crippen molar-refractivity contribution in [1.82, 2.24) is 18.9 Å². The number of hydrogen-bond acceptors (Lipinski definition) is 2. The number of pyridine rings is 1. The number of aromatic nitrogens is 4. The molecule has 138 valence electrons. The van der Waals surface area contributed by atoms with Crippen LogP contribution in [0.15, 0.2) is 55.0 Å². The second-order valence-electron chi connectivity index (χ2n) is 6.18. The predicted molar refractivity (Wildman–Crippen MR) is 91.7 cm³/mol. The van der Waals surface area contributed by atoms with Gasteiger partial charge in [0.05, 0.1) is 17.8 Å². The van der Waals surface area contributed by atoms with E-state index in [1.807, 2.05) is 0 Å². The summed E-state index contributed by atoms with van der Waals surface area (Å²) >= 11 is 0. The molecule has 0 amide bonds. The highest BCUT2D eigenvalue weighted by Crippen LogP contribution is 2.30. The van der Waals surface area contributed by atoms with Gasteiger partial charge in [0.25, 0.3) is 0 Å². The quantitative estimate of drug-likeness (QED) is 0.487. The molecule has 4 aromatic rings. The largest absolute Gasteiger partial charge is 0.417 e. The molecule has 1 aromatic carbocycles. The number of hydrogen-bond donors (Lipinski definition) is 0. The Morgan fingerprint density at radius 1 is 1.11 bits per heavy atom. The molecule has 4 rings (SSSR count). The third-order valence-electron chi connectivity index (χ3n) is 4.40. The first-order valence-corrected chi connectivity index (χ1v) is 8.15. The second-order valence-corrected chi connectivity index (χ2v) is 6.18. The molecular weight excluding hydrogens is 360 g/mol. The van der Waals surface area contributed by atoms with Crippen molar-refractivity contribution in [3.63, 3.8) is 0 Å². The first-order valence-electron chi connectivity index (χ1n) is 8.15. The molecule has 0 fully saturated rings. The second kappa shape index (κ2) is 6.22. The van der Waals surface area contributed by atoms with E-state index in [1.54, 1.807) is 36.0 Å². The van der Waals surface area contributed by atoms with E-state index >= 15 is 0 Å². The van der Waals surface area contributed by atoms with E-state index in [1.165, 1.54) is 22.6 Å². The van der Waals surface area contributed by atoms with E-state index in [0.717, 1.165) is 12.3 Å². The molecule has 0 saturated carbocycles. The Labute approximate surface area is 151 Å². The molecule has 0 N–H and O–H groups in total. The van der Waals surface area contributed by atoms with Crippen LogP contribution in [0.3, 0.4) is 0 Å². The average Bonchev–Trinajstić information content (AvgIpc) is 3.19. The van der Waals surface area contributed by atoms with E-state index < -0.39 is 11.7 Å². The van der Waals surface area contributed by atoms with Crippen LogP contribution in [0, 0.1) is 12.7 Å². The molecule has 0 aliphatic carbocycles. The molecular formula is C19H14F4N4.